The summed E-state index contributed by atoms with van der Waals surface area (Å²) in [6.07, 6.45) is 4.28. The highest BCUT2D eigenvalue weighted by Crippen LogP contribution is 2.27. The Kier molecular flexibility index (Phi) is 5.68. The maximum atomic E-state index is 13.7. The lowest BCUT2D eigenvalue weighted by Gasteiger charge is -2.36. The molecule has 1 aliphatic heterocycles. The Morgan fingerprint density at radius 1 is 1.12 bits per heavy atom. The van der Waals surface area contributed by atoms with Crippen LogP contribution in [0.2, 0.25) is 0 Å². The number of carbonyl (C=O) groups excluding carboxylic acids is 2. The highest BCUT2D eigenvalue weighted by Gasteiger charge is 2.30. The van der Waals surface area contributed by atoms with Crippen LogP contribution in [-0.4, -0.2) is 54.9 Å². The number of benzene rings is 1. The molecule has 0 unspecified atom stereocenters. The molecule has 1 aromatic carbocycles. The van der Waals surface area contributed by atoms with Gasteiger partial charge in [0.05, 0.1) is 6.61 Å². The summed E-state index contributed by atoms with van der Waals surface area (Å²) in [7, 11) is 1.49. The average Bonchev–Trinajstić information content (AvgIpc) is 3.17. The third-order valence-corrected chi connectivity index (χ3v) is 5.18. The summed E-state index contributed by atoms with van der Waals surface area (Å²) in [6.45, 7) is 2.33. The summed E-state index contributed by atoms with van der Waals surface area (Å²) in [6, 6.07) is 4.37. The molecule has 0 spiro atoms. The van der Waals surface area contributed by atoms with Crippen LogP contribution in [-0.2, 0) is 16.1 Å². The molecule has 0 bridgehead atoms. The van der Waals surface area contributed by atoms with Crippen LogP contribution in [0.3, 0.4) is 0 Å². The van der Waals surface area contributed by atoms with Crippen molar-refractivity contribution in [2.24, 2.45) is 5.92 Å². The molecule has 3 rings (SSSR count). The van der Waals surface area contributed by atoms with E-state index in [0.717, 1.165) is 25.7 Å². The van der Waals surface area contributed by atoms with E-state index in [1.807, 2.05) is 4.90 Å². The number of ether oxygens (including phenoxy) is 1. The van der Waals surface area contributed by atoms with Gasteiger partial charge in [-0.1, -0.05) is 12.8 Å². The molecule has 5 nitrogen and oxygen atoms in total. The maximum absolute atomic E-state index is 13.7. The van der Waals surface area contributed by atoms with E-state index in [-0.39, 0.29) is 30.2 Å². The average molecular weight is 348 g/mol. The van der Waals surface area contributed by atoms with Gasteiger partial charge in [-0.3, -0.25) is 9.59 Å². The fourth-order valence-electron chi connectivity index (χ4n) is 3.72. The quantitative estimate of drug-likeness (QED) is 0.840. The van der Waals surface area contributed by atoms with Crippen molar-refractivity contribution in [2.45, 2.75) is 32.3 Å². The predicted octanol–water partition coefficient (Wildman–Crippen LogP) is 2.45. The molecule has 1 aliphatic carbocycles. The van der Waals surface area contributed by atoms with Gasteiger partial charge in [-0.15, -0.1) is 0 Å². The topological polar surface area (TPSA) is 49.9 Å². The standard InChI is InChI=1S/C19H25FN2O3/c1-25-13-16-12-15(6-7-17(16)20)19(24)22-10-8-21(9-11-22)18(23)14-4-2-3-5-14/h6-7,12,14H,2-5,8-11,13H2,1H3. The summed E-state index contributed by atoms with van der Waals surface area (Å²) in [5, 5.41) is 0. The van der Waals surface area contributed by atoms with Gasteiger partial charge in [0.15, 0.2) is 0 Å². The van der Waals surface area contributed by atoms with Crippen LogP contribution in [0.1, 0.15) is 41.6 Å². The van der Waals surface area contributed by atoms with Crippen LogP contribution in [0.15, 0.2) is 18.2 Å². The number of methoxy groups -OCH3 is 1. The Morgan fingerprint density at radius 2 is 1.76 bits per heavy atom. The third-order valence-electron chi connectivity index (χ3n) is 5.18. The first-order valence-corrected chi connectivity index (χ1v) is 8.95. The number of rotatable bonds is 4. The SMILES string of the molecule is COCc1cc(C(=O)N2CCN(C(=O)C3CCCC3)CC2)ccc1F. The summed E-state index contributed by atoms with van der Waals surface area (Å²) >= 11 is 0. The minimum Gasteiger partial charge on any atom is -0.380 e. The fourth-order valence-corrected chi connectivity index (χ4v) is 3.72. The van der Waals surface area contributed by atoms with Crippen molar-refractivity contribution in [3.63, 3.8) is 0 Å². The molecule has 1 heterocycles. The Labute approximate surface area is 147 Å². The van der Waals surface area contributed by atoms with E-state index in [9.17, 15) is 14.0 Å². The van der Waals surface area contributed by atoms with Crippen molar-refractivity contribution >= 4 is 11.8 Å². The molecule has 6 heteroatoms. The zero-order chi connectivity index (χ0) is 17.8. The molecular weight excluding hydrogens is 323 g/mol. The number of carbonyl (C=O) groups is 2. The Morgan fingerprint density at radius 3 is 2.40 bits per heavy atom. The summed E-state index contributed by atoms with van der Waals surface area (Å²) in [5.41, 5.74) is 0.840. The van der Waals surface area contributed by atoms with Crippen molar-refractivity contribution in [3.05, 3.63) is 35.1 Å². The number of hydrogen-bond acceptors (Lipinski definition) is 3. The molecule has 2 fully saturated rings. The summed E-state index contributed by atoms with van der Waals surface area (Å²) in [5.74, 6) is -0.0691. The van der Waals surface area contributed by atoms with E-state index in [4.69, 9.17) is 4.74 Å². The highest BCUT2D eigenvalue weighted by molar-refractivity contribution is 5.94. The number of halogens is 1. The second-order valence-corrected chi connectivity index (χ2v) is 6.84. The van der Waals surface area contributed by atoms with Crippen molar-refractivity contribution in [2.75, 3.05) is 33.3 Å². The van der Waals surface area contributed by atoms with Crippen LogP contribution in [0.5, 0.6) is 0 Å². The summed E-state index contributed by atoms with van der Waals surface area (Å²) in [4.78, 5) is 28.8. The molecule has 136 valence electrons. The van der Waals surface area contributed by atoms with Crippen LogP contribution in [0.25, 0.3) is 0 Å². The first kappa shape index (κ1) is 17.9. The second-order valence-electron chi connectivity index (χ2n) is 6.84. The molecule has 2 aliphatic rings. The Balaban J connectivity index is 1.59. The largest absolute Gasteiger partial charge is 0.380 e. The molecular formula is C19H25FN2O3. The molecule has 1 aromatic rings. The second kappa shape index (κ2) is 7.95. The minimum absolute atomic E-state index is 0.120. The first-order valence-electron chi connectivity index (χ1n) is 8.95. The van der Waals surface area contributed by atoms with Gasteiger partial charge in [-0.05, 0) is 31.0 Å². The van der Waals surface area contributed by atoms with Gasteiger partial charge in [0, 0.05) is 50.3 Å². The molecule has 0 atom stereocenters. The fraction of sp³-hybridized carbons (Fsp3) is 0.579. The molecule has 0 aromatic heterocycles. The van der Waals surface area contributed by atoms with Gasteiger partial charge < -0.3 is 14.5 Å². The zero-order valence-electron chi connectivity index (χ0n) is 14.7. The lowest BCUT2D eigenvalue weighted by atomic mass is 10.1. The van der Waals surface area contributed by atoms with Gasteiger partial charge in [-0.2, -0.15) is 0 Å². The molecule has 1 saturated heterocycles. The number of amides is 2. The predicted molar refractivity (Wildman–Crippen MR) is 91.6 cm³/mol. The van der Waals surface area contributed by atoms with Gasteiger partial charge in [0.25, 0.3) is 5.91 Å². The highest BCUT2D eigenvalue weighted by atomic mass is 19.1. The van der Waals surface area contributed by atoms with E-state index in [1.165, 1.54) is 19.2 Å². The monoisotopic (exact) mass is 348 g/mol. The normalized spacial score (nSPS) is 18.6. The van der Waals surface area contributed by atoms with Gasteiger partial charge in [-0.25, -0.2) is 4.39 Å². The van der Waals surface area contributed by atoms with Crippen molar-refractivity contribution in [1.82, 2.24) is 9.80 Å². The van der Waals surface area contributed by atoms with E-state index < -0.39 is 0 Å². The molecule has 0 N–H and O–H groups in total. The minimum atomic E-state index is -0.370. The first-order chi connectivity index (χ1) is 12.1. The number of nitrogens with zero attached hydrogens (tertiary/aromatic N) is 2. The maximum Gasteiger partial charge on any atom is 0.253 e. The van der Waals surface area contributed by atoms with E-state index >= 15 is 0 Å². The summed E-state index contributed by atoms with van der Waals surface area (Å²) < 4.78 is 18.7. The van der Waals surface area contributed by atoms with E-state index in [0.29, 0.717) is 37.3 Å². The number of hydrogen-bond donors (Lipinski definition) is 0. The lowest BCUT2D eigenvalue weighted by molar-refractivity contribution is -0.136. The Hall–Kier alpha value is -1.95. The van der Waals surface area contributed by atoms with E-state index in [2.05, 4.69) is 0 Å². The molecule has 25 heavy (non-hydrogen) atoms. The van der Waals surface area contributed by atoms with Crippen LogP contribution in [0.4, 0.5) is 4.39 Å². The van der Waals surface area contributed by atoms with Gasteiger partial charge in [0.2, 0.25) is 5.91 Å². The zero-order valence-corrected chi connectivity index (χ0v) is 14.7. The van der Waals surface area contributed by atoms with Crippen molar-refractivity contribution in [3.8, 4) is 0 Å². The van der Waals surface area contributed by atoms with Crippen molar-refractivity contribution < 1.29 is 18.7 Å². The third kappa shape index (κ3) is 4.00. The molecule has 0 radical (unpaired) electrons. The Bertz CT molecular complexity index is 636. The van der Waals surface area contributed by atoms with Crippen molar-refractivity contribution in [1.29, 1.82) is 0 Å². The lowest BCUT2D eigenvalue weighted by Crippen LogP contribution is -2.51. The molecule has 2 amide bonds. The van der Waals surface area contributed by atoms with Crippen LogP contribution < -0.4 is 0 Å². The van der Waals surface area contributed by atoms with Gasteiger partial charge >= 0.3 is 0 Å². The molecule has 1 saturated carbocycles. The smallest absolute Gasteiger partial charge is 0.253 e. The van der Waals surface area contributed by atoms with Crippen LogP contribution >= 0.6 is 0 Å². The van der Waals surface area contributed by atoms with Gasteiger partial charge in [0.1, 0.15) is 5.82 Å². The van der Waals surface area contributed by atoms with Crippen LogP contribution in [0, 0.1) is 11.7 Å². The number of piperazine rings is 1. The van der Waals surface area contributed by atoms with E-state index in [1.54, 1.807) is 11.0 Å².